The standard InChI is InChI=1S/C25H22N6O3S/c1-14-4-9-18(15(2)10-14)20-13-35-25-29-24(30-31(20)25)28-23(33)19-12-22(32)27-21(26-19)11-16-5-7-17(34-3)8-6-16/h4-10,12-13H,11H2,1-3H3,(H,26,27,32)(H,28,30,33). The topological polar surface area (TPSA) is 114 Å². The molecule has 0 aliphatic heterocycles. The summed E-state index contributed by atoms with van der Waals surface area (Å²) in [6.07, 6.45) is 0.359. The Morgan fingerprint density at radius 1 is 1.11 bits per heavy atom. The number of carbonyl (C=O) groups excluding carboxylic acids is 1. The van der Waals surface area contributed by atoms with Gasteiger partial charge in [-0.3, -0.25) is 14.9 Å². The number of thiazole rings is 1. The van der Waals surface area contributed by atoms with E-state index in [9.17, 15) is 9.59 Å². The van der Waals surface area contributed by atoms with Crippen LogP contribution in [0.5, 0.6) is 5.75 Å². The van der Waals surface area contributed by atoms with E-state index >= 15 is 0 Å². The number of hydrogen-bond acceptors (Lipinski definition) is 7. The number of nitrogens with zero attached hydrogens (tertiary/aromatic N) is 4. The van der Waals surface area contributed by atoms with Crippen molar-refractivity contribution in [1.82, 2.24) is 24.6 Å². The Balaban J connectivity index is 1.38. The molecule has 3 heterocycles. The van der Waals surface area contributed by atoms with E-state index in [-0.39, 0.29) is 11.6 Å². The van der Waals surface area contributed by atoms with Gasteiger partial charge in [-0.2, -0.15) is 4.98 Å². The molecule has 3 aromatic heterocycles. The molecular weight excluding hydrogens is 464 g/mol. The van der Waals surface area contributed by atoms with Gasteiger partial charge in [0.1, 0.15) is 17.3 Å². The second-order valence-corrected chi connectivity index (χ2v) is 8.96. The summed E-state index contributed by atoms with van der Waals surface area (Å²) in [4.78, 5) is 37.1. The Morgan fingerprint density at radius 2 is 1.91 bits per heavy atom. The molecule has 0 atom stereocenters. The second-order valence-electron chi connectivity index (χ2n) is 8.13. The number of hydrogen-bond donors (Lipinski definition) is 2. The van der Waals surface area contributed by atoms with Crippen molar-refractivity contribution in [2.45, 2.75) is 20.3 Å². The number of carbonyl (C=O) groups is 1. The molecule has 0 aliphatic carbocycles. The molecule has 0 spiro atoms. The number of fused-ring (bicyclic) bond motifs is 1. The summed E-state index contributed by atoms with van der Waals surface area (Å²) >= 11 is 1.43. The van der Waals surface area contributed by atoms with E-state index in [4.69, 9.17) is 4.74 Å². The van der Waals surface area contributed by atoms with Gasteiger partial charge in [0.25, 0.3) is 17.4 Å². The fourth-order valence-electron chi connectivity index (χ4n) is 3.83. The van der Waals surface area contributed by atoms with E-state index in [1.54, 1.807) is 11.6 Å². The highest BCUT2D eigenvalue weighted by Crippen LogP contribution is 2.29. The minimum atomic E-state index is -0.557. The molecule has 176 valence electrons. The number of H-pyrrole nitrogens is 1. The maximum atomic E-state index is 12.9. The Morgan fingerprint density at radius 3 is 2.66 bits per heavy atom. The molecule has 5 rings (SSSR count). The molecule has 9 nitrogen and oxygen atoms in total. The Hall–Kier alpha value is -4.31. The summed E-state index contributed by atoms with van der Waals surface area (Å²) < 4.78 is 6.87. The first-order valence-electron chi connectivity index (χ1n) is 10.9. The number of ether oxygens (including phenoxy) is 1. The second kappa shape index (κ2) is 9.15. The molecule has 0 fully saturated rings. The van der Waals surface area contributed by atoms with Crippen LogP contribution in [-0.2, 0) is 6.42 Å². The monoisotopic (exact) mass is 486 g/mol. The van der Waals surface area contributed by atoms with E-state index in [1.807, 2.05) is 49.6 Å². The average Bonchev–Trinajstić information content (AvgIpc) is 3.40. The number of aryl methyl sites for hydroxylation is 2. The van der Waals surface area contributed by atoms with Crippen molar-refractivity contribution < 1.29 is 9.53 Å². The van der Waals surface area contributed by atoms with Crippen LogP contribution in [0.2, 0.25) is 0 Å². The zero-order valence-electron chi connectivity index (χ0n) is 19.3. The van der Waals surface area contributed by atoms with Crippen LogP contribution in [-0.4, -0.2) is 37.6 Å². The molecular formula is C25H22N6O3S. The number of benzene rings is 2. The Bertz CT molecular complexity index is 1600. The number of aromatic amines is 1. The molecule has 0 bridgehead atoms. The molecule has 0 saturated heterocycles. The number of amides is 1. The largest absolute Gasteiger partial charge is 0.497 e. The van der Waals surface area contributed by atoms with Gasteiger partial charge in [0.05, 0.1) is 12.8 Å². The lowest BCUT2D eigenvalue weighted by atomic mass is 10.0. The predicted molar refractivity (Wildman–Crippen MR) is 134 cm³/mol. The van der Waals surface area contributed by atoms with Gasteiger partial charge >= 0.3 is 0 Å². The number of anilines is 1. The van der Waals surface area contributed by atoms with Crippen molar-refractivity contribution >= 4 is 28.2 Å². The quantitative estimate of drug-likeness (QED) is 0.375. The number of methoxy groups -OCH3 is 1. The molecule has 2 aromatic carbocycles. The van der Waals surface area contributed by atoms with Crippen LogP contribution in [0.3, 0.4) is 0 Å². The summed E-state index contributed by atoms with van der Waals surface area (Å²) in [5, 5.41) is 9.12. The molecule has 2 N–H and O–H groups in total. The molecule has 0 saturated carbocycles. The van der Waals surface area contributed by atoms with Crippen LogP contribution >= 0.6 is 11.3 Å². The van der Waals surface area contributed by atoms with E-state index in [0.717, 1.165) is 34.2 Å². The fourth-order valence-corrected chi connectivity index (χ4v) is 4.65. The highest BCUT2D eigenvalue weighted by atomic mass is 32.1. The molecule has 0 aliphatic rings. The first-order chi connectivity index (χ1) is 16.9. The third-order valence-electron chi connectivity index (χ3n) is 5.52. The highest BCUT2D eigenvalue weighted by Gasteiger charge is 2.17. The molecule has 0 unspecified atom stereocenters. The fraction of sp³-hybridized carbons (Fsp3) is 0.160. The SMILES string of the molecule is COc1ccc(Cc2nc(C(=O)Nc3nc4scc(-c5ccc(C)cc5C)n4n3)cc(=O)[nH]2)cc1. The summed E-state index contributed by atoms with van der Waals surface area (Å²) in [6.45, 7) is 4.10. The van der Waals surface area contributed by atoms with Gasteiger partial charge in [-0.15, -0.1) is 16.4 Å². The lowest BCUT2D eigenvalue weighted by Gasteiger charge is -2.06. The lowest BCUT2D eigenvalue weighted by Crippen LogP contribution is -2.21. The van der Waals surface area contributed by atoms with Crippen LogP contribution in [0.1, 0.15) is 33.0 Å². The third kappa shape index (κ3) is 4.69. The number of rotatable bonds is 6. The summed E-state index contributed by atoms with van der Waals surface area (Å²) in [7, 11) is 1.60. The van der Waals surface area contributed by atoms with Crippen molar-refractivity contribution in [2.24, 2.45) is 0 Å². The maximum absolute atomic E-state index is 12.9. The van der Waals surface area contributed by atoms with Gasteiger partial charge in [-0.05, 0) is 37.1 Å². The zero-order valence-corrected chi connectivity index (χ0v) is 20.1. The number of aromatic nitrogens is 5. The van der Waals surface area contributed by atoms with Crippen LogP contribution in [0.15, 0.2) is 58.7 Å². The maximum Gasteiger partial charge on any atom is 0.276 e. The van der Waals surface area contributed by atoms with Crippen molar-refractivity contribution in [3.63, 3.8) is 0 Å². The molecule has 5 aromatic rings. The van der Waals surface area contributed by atoms with E-state index in [1.165, 1.54) is 16.9 Å². The zero-order chi connectivity index (χ0) is 24.5. The minimum Gasteiger partial charge on any atom is -0.497 e. The Kier molecular flexibility index (Phi) is 5.87. The molecule has 10 heteroatoms. The Labute approximate surface area is 204 Å². The van der Waals surface area contributed by atoms with Crippen LogP contribution < -0.4 is 15.6 Å². The lowest BCUT2D eigenvalue weighted by molar-refractivity contribution is 0.102. The molecule has 1 amide bonds. The summed E-state index contributed by atoms with van der Waals surface area (Å²) in [5.41, 5.74) is 4.75. The van der Waals surface area contributed by atoms with Crippen molar-refractivity contribution in [3.05, 3.63) is 92.5 Å². The van der Waals surface area contributed by atoms with E-state index < -0.39 is 11.5 Å². The summed E-state index contributed by atoms with van der Waals surface area (Å²) in [5.74, 6) is 0.699. The van der Waals surface area contributed by atoms with E-state index in [2.05, 4.69) is 37.5 Å². The molecule has 0 radical (unpaired) electrons. The predicted octanol–water partition coefficient (Wildman–Crippen LogP) is 4.01. The van der Waals surface area contributed by atoms with Crippen LogP contribution in [0, 0.1) is 13.8 Å². The molecule has 35 heavy (non-hydrogen) atoms. The minimum absolute atomic E-state index is 0.00924. The van der Waals surface area contributed by atoms with Gasteiger partial charge < -0.3 is 9.72 Å². The third-order valence-corrected chi connectivity index (χ3v) is 6.33. The van der Waals surface area contributed by atoms with Crippen LogP contribution in [0.4, 0.5) is 5.95 Å². The van der Waals surface area contributed by atoms with Crippen molar-refractivity contribution in [3.8, 4) is 17.0 Å². The smallest absolute Gasteiger partial charge is 0.276 e. The average molecular weight is 487 g/mol. The van der Waals surface area contributed by atoms with Gasteiger partial charge in [-0.1, -0.05) is 35.9 Å². The van der Waals surface area contributed by atoms with E-state index in [0.29, 0.717) is 17.2 Å². The first-order valence-corrected chi connectivity index (χ1v) is 11.7. The highest BCUT2D eigenvalue weighted by molar-refractivity contribution is 7.15. The van der Waals surface area contributed by atoms with Crippen molar-refractivity contribution in [1.29, 1.82) is 0 Å². The van der Waals surface area contributed by atoms with Gasteiger partial charge in [0.15, 0.2) is 0 Å². The van der Waals surface area contributed by atoms with Gasteiger partial charge in [-0.25, -0.2) is 9.50 Å². The van der Waals surface area contributed by atoms with Crippen molar-refractivity contribution in [2.75, 3.05) is 12.4 Å². The normalized spacial score (nSPS) is 11.1. The summed E-state index contributed by atoms with van der Waals surface area (Å²) in [6, 6.07) is 14.8. The first kappa shape index (κ1) is 22.5. The van der Waals surface area contributed by atoms with Gasteiger partial charge in [0.2, 0.25) is 4.96 Å². The van der Waals surface area contributed by atoms with Gasteiger partial charge in [0, 0.05) is 23.4 Å². The number of nitrogens with one attached hydrogen (secondary N) is 2. The van der Waals surface area contributed by atoms with Crippen LogP contribution in [0.25, 0.3) is 16.2 Å².